The van der Waals surface area contributed by atoms with E-state index in [-0.39, 0.29) is 11.9 Å². The van der Waals surface area contributed by atoms with Crippen molar-refractivity contribution in [2.24, 2.45) is 5.73 Å². The molecule has 0 spiro atoms. The van der Waals surface area contributed by atoms with Gasteiger partial charge in [-0.1, -0.05) is 19.8 Å². The summed E-state index contributed by atoms with van der Waals surface area (Å²) in [6, 6.07) is -0.364. The van der Waals surface area contributed by atoms with Gasteiger partial charge in [-0.05, 0) is 6.42 Å². The Hall–Kier alpha value is -0.610. The number of hydrogen-bond acceptors (Lipinski definition) is 3. The molecule has 4 nitrogen and oxygen atoms in total. The molecule has 1 unspecified atom stereocenters. The van der Waals surface area contributed by atoms with E-state index < -0.39 is 0 Å². The fraction of sp³-hybridized carbons (Fsp3) is 0.889. The van der Waals surface area contributed by atoms with Gasteiger partial charge in [-0.25, -0.2) is 0 Å². The summed E-state index contributed by atoms with van der Waals surface area (Å²) >= 11 is 0. The molecule has 0 aliphatic rings. The van der Waals surface area contributed by atoms with Gasteiger partial charge in [0.2, 0.25) is 5.91 Å². The first-order valence-electron chi connectivity index (χ1n) is 4.74. The first-order valence-corrected chi connectivity index (χ1v) is 4.74. The fourth-order valence-corrected chi connectivity index (χ4v) is 0.963. The third-order valence-electron chi connectivity index (χ3n) is 1.81. The monoisotopic (exact) mass is 188 g/mol. The molecular weight excluding hydrogens is 168 g/mol. The Kier molecular flexibility index (Phi) is 7.63. The Balaban J connectivity index is 3.45. The molecule has 0 aromatic heterocycles. The second kappa shape index (κ2) is 8.01. The SMILES string of the molecule is CCCCC(N)C(=O)NCCOC. The van der Waals surface area contributed by atoms with Gasteiger partial charge in [0.15, 0.2) is 0 Å². The minimum absolute atomic E-state index is 0.0782. The van der Waals surface area contributed by atoms with Crippen LogP contribution in [0, 0.1) is 0 Å². The molecule has 0 saturated heterocycles. The molecule has 0 saturated carbocycles. The van der Waals surface area contributed by atoms with Gasteiger partial charge in [0.1, 0.15) is 0 Å². The zero-order chi connectivity index (χ0) is 10.1. The summed E-state index contributed by atoms with van der Waals surface area (Å²) in [5.74, 6) is -0.0782. The fourth-order valence-electron chi connectivity index (χ4n) is 0.963. The first-order chi connectivity index (χ1) is 6.22. The summed E-state index contributed by atoms with van der Waals surface area (Å²) in [7, 11) is 1.60. The molecule has 0 aliphatic heterocycles. The van der Waals surface area contributed by atoms with Crippen molar-refractivity contribution in [1.82, 2.24) is 5.32 Å². The molecule has 0 aromatic carbocycles. The highest BCUT2D eigenvalue weighted by molar-refractivity contribution is 5.81. The van der Waals surface area contributed by atoms with E-state index in [1.54, 1.807) is 7.11 Å². The number of amides is 1. The third kappa shape index (κ3) is 6.54. The van der Waals surface area contributed by atoms with Crippen molar-refractivity contribution >= 4 is 5.91 Å². The van der Waals surface area contributed by atoms with Gasteiger partial charge in [-0.3, -0.25) is 4.79 Å². The molecule has 0 aromatic rings. The van der Waals surface area contributed by atoms with E-state index in [2.05, 4.69) is 12.2 Å². The molecule has 1 atom stereocenters. The summed E-state index contributed by atoms with van der Waals surface area (Å²) in [4.78, 5) is 11.2. The van der Waals surface area contributed by atoms with E-state index >= 15 is 0 Å². The van der Waals surface area contributed by atoms with E-state index in [9.17, 15) is 4.79 Å². The highest BCUT2D eigenvalue weighted by Gasteiger charge is 2.10. The normalized spacial score (nSPS) is 12.5. The molecule has 0 bridgehead atoms. The van der Waals surface area contributed by atoms with Gasteiger partial charge in [0.05, 0.1) is 12.6 Å². The lowest BCUT2D eigenvalue weighted by Gasteiger charge is -2.10. The van der Waals surface area contributed by atoms with Crippen LogP contribution in [0.3, 0.4) is 0 Å². The average Bonchev–Trinajstić information content (AvgIpc) is 2.14. The summed E-state index contributed by atoms with van der Waals surface area (Å²) in [5, 5.41) is 2.70. The van der Waals surface area contributed by atoms with Crippen molar-refractivity contribution in [2.75, 3.05) is 20.3 Å². The van der Waals surface area contributed by atoms with Crippen LogP contribution >= 0.6 is 0 Å². The molecular formula is C9H20N2O2. The second-order valence-corrected chi connectivity index (χ2v) is 3.03. The molecule has 0 rings (SSSR count). The van der Waals surface area contributed by atoms with Gasteiger partial charge in [-0.15, -0.1) is 0 Å². The van der Waals surface area contributed by atoms with E-state index in [4.69, 9.17) is 10.5 Å². The first kappa shape index (κ1) is 12.4. The summed E-state index contributed by atoms with van der Waals surface area (Å²) in [5.41, 5.74) is 5.63. The van der Waals surface area contributed by atoms with Crippen LogP contribution in [0.15, 0.2) is 0 Å². The van der Waals surface area contributed by atoms with Crippen molar-refractivity contribution in [3.05, 3.63) is 0 Å². The van der Waals surface area contributed by atoms with Gasteiger partial charge in [-0.2, -0.15) is 0 Å². The highest BCUT2D eigenvalue weighted by Crippen LogP contribution is 1.97. The molecule has 13 heavy (non-hydrogen) atoms. The number of hydrogen-bond donors (Lipinski definition) is 2. The maximum atomic E-state index is 11.2. The molecule has 78 valence electrons. The smallest absolute Gasteiger partial charge is 0.236 e. The number of unbranched alkanes of at least 4 members (excludes halogenated alkanes) is 1. The number of carbonyl (C=O) groups is 1. The number of carbonyl (C=O) groups excluding carboxylic acids is 1. The molecule has 4 heteroatoms. The molecule has 0 fully saturated rings. The van der Waals surface area contributed by atoms with Gasteiger partial charge >= 0.3 is 0 Å². The van der Waals surface area contributed by atoms with E-state index in [1.807, 2.05) is 0 Å². The molecule has 0 heterocycles. The third-order valence-corrected chi connectivity index (χ3v) is 1.81. The Morgan fingerprint density at radius 1 is 1.62 bits per heavy atom. The number of ether oxygens (including phenoxy) is 1. The summed E-state index contributed by atoms with van der Waals surface area (Å²) in [6.07, 6.45) is 2.83. The van der Waals surface area contributed by atoms with Crippen molar-refractivity contribution in [3.63, 3.8) is 0 Å². The molecule has 0 aliphatic carbocycles. The van der Waals surface area contributed by atoms with Crippen LogP contribution in [0.1, 0.15) is 26.2 Å². The van der Waals surface area contributed by atoms with E-state index in [0.717, 1.165) is 19.3 Å². The lowest BCUT2D eigenvalue weighted by Crippen LogP contribution is -2.41. The van der Waals surface area contributed by atoms with Crippen molar-refractivity contribution in [1.29, 1.82) is 0 Å². The lowest BCUT2D eigenvalue weighted by atomic mass is 10.1. The van der Waals surface area contributed by atoms with Gasteiger partial charge < -0.3 is 15.8 Å². The van der Waals surface area contributed by atoms with Crippen LogP contribution in [0.25, 0.3) is 0 Å². The van der Waals surface area contributed by atoms with Crippen molar-refractivity contribution < 1.29 is 9.53 Å². The maximum absolute atomic E-state index is 11.2. The minimum atomic E-state index is -0.364. The van der Waals surface area contributed by atoms with Crippen LogP contribution in [-0.2, 0) is 9.53 Å². The average molecular weight is 188 g/mol. The Morgan fingerprint density at radius 3 is 2.85 bits per heavy atom. The van der Waals surface area contributed by atoms with Crippen LogP contribution in [0.2, 0.25) is 0 Å². The standard InChI is InChI=1S/C9H20N2O2/c1-3-4-5-8(10)9(12)11-6-7-13-2/h8H,3-7,10H2,1-2H3,(H,11,12). The Bertz CT molecular complexity index is 140. The molecule has 0 radical (unpaired) electrons. The molecule has 1 amide bonds. The number of methoxy groups -OCH3 is 1. The van der Waals surface area contributed by atoms with Crippen LogP contribution in [0.4, 0.5) is 0 Å². The zero-order valence-corrected chi connectivity index (χ0v) is 8.51. The lowest BCUT2D eigenvalue weighted by molar-refractivity contribution is -0.122. The number of nitrogens with one attached hydrogen (secondary N) is 1. The van der Waals surface area contributed by atoms with Gasteiger partial charge in [0.25, 0.3) is 0 Å². The van der Waals surface area contributed by atoms with E-state index in [0.29, 0.717) is 13.2 Å². The molecule has 3 N–H and O–H groups in total. The topological polar surface area (TPSA) is 64.4 Å². The summed E-state index contributed by atoms with van der Waals surface area (Å²) in [6.45, 7) is 3.15. The van der Waals surface area contributed by atoms with Crippen LogP contribution < -0.4 is 11.1 Å². The Labute approximate surface area is 79.8 Å². The zero-order valence-electron chi connectivity index (χ0n) is 8.51. The predicted octanol–water partition coefficient (Wildman–Crippen LogP) is 0.267. The predicted molar refractivity (Wildman–Crippen MR) is 52.4 cm³/mol. The second-order valence-electron chi connectivity index (χ2n) is 3.03. The van der Waals surface area contributed by atoms with Crippen molar-refractivity contribution in [2.45, 2.75) is 32.2 Å². The summed E-state index contributed by atoms with van der Waals surface area (Å²) < 4.78 is 4.80. The highest BCUT2D eigenvalue weighted by atomic mass is 16.5. The van der Waals surface area contributed by atoms with Gasteiger partial charge in [0, 0.05) is 13.7 Å². The van der Waals surface area contributed by atoms with Crippen LogP contribution in [-0.4, -0.2) is 32.2 Å². The maximum Gasteiger partial charge on any atom is 0.236 e. The number of nitrogens with two attached hydrogens (primary N) is 1. The largest absolute Gasteiger partial charge is 0.383 e. The number of rotatable bonds is 7. The van der Waals surface area contributed by atoms with Crippen molar-refractivity contribution in [3.8, 4) is 0 Å². The van der Waals surface area contributed by atoms with E-state index in [1.165, 1.54) is 0 Å². The minimum Gasteiger partial charge on any atom is -0.383 e. The Morgan fingerprint density at radius 2 is 2.31 bits per heavy atom. The van der Waals surface area contributed by atoms with Crippen LogP contribution in [0.5, 0.6) is 0 Å². The quantitative estimate of drug-likeness (QED) is 0.563.